The van der Waals surface area contributed by atoms with Crippen LogP contribution in [0.4, 0.5) is 0 Å². The third-order valence-corrected chi connectivity index (χ3v) is 4.09. The standard InChI is InChI=1S/C17H25N7O8/c18-9(1-2-12(19)25)15(29)24-10(4-14(27)28)16(30)21-6-13(26)23-11(17(31)32)3-8-5-20-7-22-8/h5,7,9-11H,1-4,6,18H2,(H2,19,25)(H,20,22)(H,21,30)(H,23,26)(H,24,29)(H,27,28)(H,31,32). The number of carboxylic acids is 2. The monoisotopic (exact) mass is 455 g/mol. The van der Waals surface area contributed by atoms with Gasteiger partial charge in [0.2, 0.25) is 23.6 Å². The van der Waals surface area contributed by atoms with Gasteiger partial charge >= 0.3 is 11.9 Å². The number of carbonyl (C=O) groups is 6. The molecule has 0 saturated carbocycles. The van der Waals surface area contributed by atoms with Gasteiger partial charge in [0.25, 0.3) is 0 Å². The van der Waals surface area contributed by atoms with Crippen molar-refractivity contribution in [2.45, 2.75) is 43.8 Å². The fraction of sp³-hybridized carbons (Fsp3) is 0.471. The highest BCUT2D eigenvalue weighted by atomic mass is 16.4. The van der Waals surface area contributed by atoms with E-state index in [-0.39, 0.29) is 19.3 Å². The zero-order valence-electron chi connectivity index (χ0n) is 16.9. The average Bonchev–Trinajstić information content (AvgIpc) is 3.21. The molecule has 0 fully saturated rings. The summed E-state index contributed by atoms with van der Waals surface area (Å²) >= 11 is 0. The normalized spacial score (nSPS) is 13.3. The van der Waals surface area contributed by atoms with Crippen molar-refractivity contribution in [3.05, 3.63) is 18.2 Å². The lowest BCUT2D eigenvalue weighted by Gasteiger charge is -2.19. The van der Waals surface area contributed by atoms with Crippen LogP contribution in [0, 0.1) is 0 Å². The van der Waals surface area contributed by atoms with E-state index in [0.717, 1.165) is 0 Å². The number of aromatic amines is 1. The fourth-order valence-corrected chi connectivity index (χ4v) is 2.44. The van der Waals surface area contributed by atoms with Crippen LogP contribution in [-0.2, 0) is 35.2 Å². The van der Waals surface area contributed by atoms with E-state index < -0.39 is 66.7 Å². The summed E-state index contributed by atoms with van der Waals surface area (Å²) in [4.78, 5) is 75.9. The number of aliphatic carboxylic acids is 2. The molecule has 1 heterocycles. The lowest BCUT2D eigenvalue weighted by Crippen LogP contribution is -2.54. The van der Waals surface area contributed by atoms with E-state index in [4.69, 9.17) is 16.6 Å². The van der Waals surface area contributed by atoms with Gasteiger partial charge in [-0.3, -0.25) is 24.0 Å². The van der Waals surface area contributed by atoms with Crippen molar-refractivity contribution in [1.29, 1.82) is 0 Å². The van der Waals surface area contributed by atoms with Crippen molar-refractivity contribution in [1.82, 2.24) is 25.9 Å². The number of primary amides is 1. The van der Waals surface area contributed by atoms with Gasteiger partial charge in [-0.05, 0) is 6.42 Å². The Morgan fingerprint density at radius 3 is 2.28 bits per heavy atom. The minimum absolute atomic E-state index is 0.0874. The molecular formula is C17H25N7O8. The van der Waals surface area contributed by atoms with E-state index in [9.17, 15) is 33.9 Å². The van der Waals surface area contributed by atoms with Gasteiger partial charge in [0, 0.05) is 24.7 Å². The van der Waals surface area contributed by atoms with Crippen molar-refractivity contribution in [2.75, 3.05) is 6.54 Å². The van der Waals surface area contributed by atoms with Crippen LogP contribution in [0.25, 0.3) is 0 Å². The molecule has 0 spiro atoms. The molecular weight excluding hydrogens is 430 g/mol. The largest absolute Gasteiger partial charge is 0.481 e. The summed E-state index contributed by atoms with van der Waals surface area (Å²) in [5.41, 5.74) is 11.0. The van der Waals surface area contributed by atoms with Gasteiger partial charge in [0.1, 0.15) is 12.1 Å². The zero-order chi connectivity index (χ0) is 24.3. The summed E-state index contributed by atoms with van der Waals surface area (Å²) in [5.74, 6) is -6.16. The number of H-pyrrole nitrogens is 1. The Bertz CT molecular complexity index is 842. The van der Waals surface area contributed by atoms with Gasteiger partial charge in [0.15, 0.2) is 0 Å². The lowest BCUT2D eigenvalue weighted by molar-refractivity contribution is -0.142. The smallest absolute Gasteiger partial charge is 0.326 e. The van der Waals surface area contributed by atoms with Gasteiger partial charge in [0.05, 0.1) is 25.3 Å². The first-order valence-electron chi connectivity index (χ1n) is 9.32. The van der Waals surface area contributed by atoms with Gasteiger partial charge in [-0.25, -0.2) is 9.78 Å². The predicted octanol–water partition coefficient (Wildman–Crippen LogP) is -3.81. The average molecular weight is 455 g/mol. The number of nitrogens with zero attached hydrogens (tertiary/aromatic N) is 1. The van der Waals surface area contributed by atoms with Crippen LogP contribution >= 0.6 is 0 Å². The first kappa shape index (κ1) is 26.0. The van der Waals surface area contributed by atoms with Crippen LogP contribution in [0.2, 0.25) is 0 Å². The molecule has 0 radical (unpaired) electrons. The summed E-state index contributed by atoms with van der Waals surface area (Å²) in [7, 11) is 0. The van der Waals surface area contributed by atoms with E-state index in [1.807, 2.05) is 0 Å². The Kier molecular flexibility index (Phi) is 10.3. The third kappa shape index (κ3) is 9.66. The van der Waals surface area contributed by atoms with Crippen LogP contribution in [0.3, 0.4) is 0 Å². The number of amides is 4. The molecule has 0 saturated heterocycles. The maximum Gasteiger partial charge on any atom is 0.326 e. The second-order valence-corrected chi connectivity index (χ2v) is 6.73. The molecule has 4 amide bonds. The van der Waals surface area contributed by atoms with Crippen molar-refractivity contribution in [2.24, 2.45) is 11.5 Å². The maximum atomic E-state index is 12.3. The number of carbonyl (C=O) groups excluding carboxylic acids is 4. The highest BCUT2D eigenvalue weighted by Crippen LogP contribution is 2.00. The van der Waals surface area contributed by atoms with Gasteiger partial charge < -0.3 is 42.6 Å². The highest BCUT2D eigenvalue weighted by molar-refractivity contribution is 5.94. The Labute approximate surface area is 181 Å². The topological polar surface area (TPSA) is 260 Å². The Balaban J connectivity index is 2.63. The van der Waals surface area contributed by atoms with Crippen LogP contribution in [0.1, 0.15) is 25.0 Å². The van der Waals surface area contributed by atoms with E-state index in [1.165, 1.54) is 12.5 Å². The molecule has 0 aromatic carbocycles. The minimum Gasteiger partial charge on any atom is -0.481 e. The second-order valence-electron chi connectivity index (χ2n) is 6.73. The molecule has 0 aliphatic carbocycles. The first-order valence-corrected chi connectivity index (χ1v) is 9.32. The number of imidazole rings is 1. The summed E-state index contributed by atoms with van der Waals surface area (Å²) in [6.07, 6.45) is 1.53. The Morgan fingerprint density at radius 1 is 1.06 bits per heavy atom. The summed E-state index contributed by atoms with van der Waals surface area (Å²) in [6.45, 7) is -0.675. The van der Waals surface area contributed by atoms with Crippen LogP contribution in [0.5, 0.6) is 0 Å². The fourth-order valence-electron chi connectivity index (χ4n) is 2.44. The number of carboxylic acid groups (broad SMARTS) is 2. The third-order valence-electron chi connectivity index (χ3n) is 4.09. The molecule has 10 N–H and O–H groups in total. The van der Waals surface area contributed by atoms with Gasteiger partial charge in [-0.2, -0.15) is 0 Å². The molecule has 3 unspecified atom stereocenters. The van der Waals surface area contributed by atoms with E-state index in [0.29, 0.717) is 5.69 Å². The highest BCUT2D eigenvalue weighted by Gasteiger charge is 2.27. The predicted molar refractivity (Wildman–Crippen MR) is 105 cm³/mol. The van der Waals surface area contributed by atoms with Crippen molar-refractivity contribution in [3.8, 4) is 0 Å². The van der Waals surface area contributed by atoms with Crippen molar-refractivity contribution < 1.29 is 39.0 Å². The molecule has 1 rings (SSSR count). The quantitative estimate of drug-likeness (QED) is 0.135. The number of nitrogens with two attached hydrogens (primary N) is 2. The number of hydrogen-bond donors (Lipinski definition) is 8. The van der Waals surface area contributed by atoms with Crippen LogP contribution < -0.4 is 27.4 Å². The summed E-state index contributed by atoms with van der Waals surface area (Å²) in [5, 5.41) is 24.7. The molecule has 1 aromatic heterocycles. The Hall–Kier alpha value is -4.01. The van der Waals surface area contributed by atoms with E-state index in [2.05, 4.69) is 25.9 Å². The molecule has 3 atom stereocenters. The molecule has 0 aliphatic rings. The molecule has 0 bridgehead atoms. The maximum absolute atomic E-state index is 12.3. The molecule has 0 aliphatic heterocycles. The van der Waals surface area contributed by atoms with E-state index in [1.54, 1.807) is 0 Å². The van der Waals surface area contributed by atoms with Crippen molar-refractivity contribution >= 4 is 35.6 Å². The molecule has 1 aromatic rings. The number of aromatic nitrogens is 2. The number of rotatable bonds is 14. The molecule has 15 heteroatoms. The zero-order valence-corrected chi connectivity index (χ0v) is 16.9. The van der Waals surface area contributed by atoms with Crippen LogP contribution in [-0.4, -0.2) is 80.4 Å². The molecule has 32 heavy (non-hydrogen) atoms. The van der Waals surface area contributed by atoms with Gasteiger partial charge in [-0.15, -0.1) is 0 Å². The van der Waals surface area contributed by atoms with E-state index >= 15 is 0 Å². The summed E-state index contributed by atoms with van der Waals surface area (Å²) in [6, 6.07) is -4.08. The first-order chi connectivity index (χ1) is 15.0. The molecule has 176 valence electrons. The lowest BCUT2D eigenvalue weighted by atomic mass is 10.1. The SMILES string of the molecule is NC(=O)CCC(N)C(=O)NC(CC(=O)O)C(=O)NCC(=O)NC(Cc1cnc[nH]1)C(=O)O. The number of nitrogens with one attached hydrogen (secondary N) is 4. The van der Waals surface area contributed by atoms with Crippen molar-refractivity contribution in [3.63, 3.8) is 0 Å². The van der Waals surface area contributed by atoms with Crippen LogP contribution in [0.15, 0.2) is 12.5 Å². The minimum atomic E-state index is -1.56. The van der Waals surface area contributed by atoms with Gasteiger partial charge in [-0.1, -0.05) is 0 Å². The Morgan fingerprint density at radius 2 is 1.75 bits per heavy atom. The number of hydrogen-bond acceptors (Lipinski definition) is 8. The summed E-state index contributed by atoms with van der Waals surface area (Å²) < 4.78 is 0. The second kappa shape index (κ2) is 12.6. The molecule has 15 nitrogen and oxygen atoms in total.